The van der Waals surface area contributed by atoms with Crippen LogP contribution < -0.4 is 10.6 Å². The van der Waals surface area contributed by atoms with Crippen LogP contribution in [0.15, 0.2) is 28.7 Å². The first-order chi connectivity index (χ1) is 10.1. The van der Waals surface area contributed by atoms with Crippen molar-refractivity contribution in [1.29, 1.82) is 0 Å². The number of amides is 2. The quantitative estimate of drug-likeness (QED) is 0.874. The molecule has 21 heavy (non-hydrogen) atoms. The van der Waals surface area contributed by atoms with Crippen LogP contribution >= 0.6 is 15.9 Å². The van der Waals surface area contributed by atoms with Gasteiger partial charge in [0.2, 0.25) is 11.8 Å². The van der Waals surface area contributed by atoms with Crippen molar-refractivity contribution in [2.24, 2.45) is 0 Å². The third kappa shape index (κ3) is 4.06. The Hall–Kier alpha value is -1.36. The fraction of sp³-hybridized carbons (Fsp3) is 0.500. The minimum Gasteiger partial charge on any atom is -0.357 e. The van der Waals surface area contributed by atoms with Crippen molar-refractivity contribution in [2.75, 3.05) is 7.05 Å². The second-order valence-electron chi connectivity index (χ2n) is 5.57. The molecule has 0 aliphatic heterocycles. The van der Waals surface area contributed by atoms with E-state index in [4.69, 9.17) is 0 Å². The third-order valence-corrected chi connectivity index (χ3v) is 4.55. The number of carbonyl (C=O) groups is 2. The van der Waals surface area contributed by atoms with Gasteiger partial charge in [0.25, 0.3) is 0 Å². The van der Waals surface area contributed by atoms with Gasteiger partial charge in [0.15, 0.2) is 0 Å². The van der Waals surface area contributed by atoms with E-state index < -0.39 is 5.54 Å². The number of likely N-dealkylation sites (N-methyl/N-ethyl adjacent to an activating group) is 1. The molecule has 0 unspecified atom stereocenters. The van der Waals surface area contributed by atoms with Crippen LogP contribution in [0.25, 0.3) is 0 Å². The Labute approximate surface area is 133 Å². The highest BCUT2D eigenvalue weighted by molar-refractivity contribution is 9.10. The summed E-state index contributed by atoms with van der Waals surface area (Å²) in [4.78, 5) is 24.5. The highest BCUT2D eigenvalue weighted by Gasteiger charge is 2.40. The molecule has 1 aromatic carbocycles. The van der Waals surface area contributed by atoms with Crippen LogP contribution in [0.5, 0.6) is 0 Å². The molecule has 5 heteroatoms. The molecular weight excluding hydrogens is 332 g/mol. The average molecular weight is 353 g/mol. The van der Waals surface area contributed by atoms with Gasteiger partial charge in [0, 0.05) is 11.5 Å². The number of carbonyl (C=O) groups excluding carboxylic acids is 2. The fourth-order valence-electron chi connectivity index (χ4n) is 2.90. The van der Waals surface area contributed by atoms with Crippen molar-refractivity contribution in [3.05, 3.63) is 34.3 Å². The summed E-state index contributed by atoms with van der Waals surface area (Å²) in [6.07, 6.45) is 4.82. The van der Waals surface area contributed by atoms with Crippen molar-refractivity contribution in [3.8, 4) is 0 Å². The molecule has 0 bridgehead atoms. The van der Waals surface area contributed by atoms with Crippen LogP contribution in [0.2, 0.25) is 0 Å². The normalized spacial score (nSPS) is 17.0. The smallest absolute Gasteiger partial charge is 0.245 e. The van der Waals surface area contributed by atoms with Crippen molar-refractivity contribution in [1.82, 2.24) is 10.6 Å². The van der Waals surface area contributed by atoms with Crippen LogP contribution in [-0.2, 0) is 16.0 Å². The van der Waals surface area contributed by atoms with E-state index in [9.17, 15) is 9.59 Å². The summed E-state index contributed by atoms with van der Waals surface area (Å²) >= 11 is 3.37. The molecule has 1 saturated carbocycles. The maximum absolute atomic E-state index is 12.3. The molecule has 4 nitrogen and oxygen atoms in total. The zero-order valence-electron chi connectivity index (χ0n) is 12.2. The molecule has 1 aromatic rings. The summed E-state index contributed by atoms with van der Waals surface area (Å²) in [6, 6.07) is 7.66. The lowest BCUT2D eigenvalue weighted by Gasteiger charge is -2.36. The largest absolute Gasteiger partial charge is 0.357 e. The van der Waals surface area contributed by atoms with Crippen molar-refractivity contribution in [3.63, 3.8) is 0 Å². The molecule has 0 spiro atoms. The van der Waals surface area contributed by atoms with Crippen LogP contribution in [0, 0.1) is 0 Å². The first kappa shape index (κ1) is 16.0. The molecule has 0 saturated heterocycles. The number of halogens is 1. The zero-order chi connectivity index (χ0) is 15.3. The first-order valence-corrected chi connectivity index (χ1v) is 8.13. The molecule has 0 radical (unpaired) electrons. The summed E-state index contributed by atoms with van der Waals surface area (Å²) in [5.41, 5.74) is 0.220. The number of benzene rings is 1. The monoisotopic (exact) mass is 352 g/mol. The van der Waals surface area contributed by atoms with Crippen LogP contribution in [-0.4, -0.2) is 24.4 Å². The molecule has 2 N–H and O–H groups in total. The molecule has 1 aliphatic rings. The molecule has 0 heterocycles. The maximum atomic E-state index is 12.3. The van der Waals surface area contributed by atoms with Gasteiger partial charge in [-0.1, -0.05) is 47.3 Å². The maximum Gasteiger partial charge on any atom is 0.245 e. The van der Waals surface area contributed by atoms with Gasteiger partial charge in [-0.05, 0) is 30.5 Å². The minimum absolute atomic E-state index is 0.0774. The molecular formula is C16H21BrN2O2. The van der Waals surface area contributed by atoms with Gasteiger partial charge in [-0.15, -0.1) is 0 Å². The molecule has 0 aromatic heterocycles. The molecule has 1 aliphatic carbocycles. The van der Waals surface area contributed by atoms with Gasteiger partial charge in [0.1, 0.15) is 5.54 Å². The third-order valence-electron chi connectivity index (χ3n) is 4.03. The standard InChI is InChI=1S/C16H21BrN2O2/c1-18-15(21)16(9-3-2-4-10-16)19-14(20)11-12-5-7-13(17)8-6-12/h5-8H,2-4,9-11H2,1H3,(H,18,21)(H,19,20). The van der Waals surface area contributed by atoms with Crippen LogP contribution in [0.4, 0.5) is 0 Å². The number of hydrogen-bond acceptors (Lipinski definition) is 2. The number of rotatable bonds is 4. The van der Waals surface area contributed by atoms with Gasteiger partial charge in [-0.3, -0.25) is 9.59 Å². The predicted molar refractivity (Wildman–Crippen MR) is 85.9 cm³/mol. The highest BCUT2D eigenvalue weighted by atomic mass is 79.9. The fourth-order valence-corrected chi connectivity index (χ4v) is 3.17. The first-order valence-electron chi connectivity index (χ1n) is 7.33. The van der Waals surface area contributed by atoms with E-state index in [0.29, 0.717) is 6.42 Å². The van der Waals surface area contributed by atoms with Gasteiger partial charge in [-0.25, -0.2) is 0 Å². The lowest BCUT2D eigenvalue weighted by Crippen LogP contribution is -2.59. The van der Waals surface area contributed by atoms with Gasteiger partial charge in [0.05, 0.1) is 6.42 Å². The Balaban J connectivity index is 2.04. The van der Waals surface area contributed by atoms with Crippen LogP contribution in [0.3, 0.4) is 0 Å². The second kappa shape index (κ2) is 7.07. The average Bonchev–Trinajstić information content (AvgIpc) is 2.49. The highest BCUT2D eigenvalue weighted by Crippen LogP contribution is 2.28. The topological polar surface area (TPSA) is 58.2 Å². The zero-order valence-corrected chi connectivity index (χ0v) is 13.8. The summed E-state index contributed by atoms with van der Waals surface area (Å²) in [5.74, 6) is -0.172. The van der Waals surface area contributed by atoms with E-state index in [0.717, 1.165) is 42.1 Å². The number of hydrogen-bond donors (Lipinski definition) is 2. The van der Waals surface area contributed by atoms with E-state index in [1.165, 1.54) is 0 Å². The van der Waals surface area contributed by atoms with E-state index in [1.807, 2.05) is 24.3 Å². The Morgan fingerprint density at radius 3 is 2.33 bits per heavy atom. The lowest BCUT2D eigenvalue weighted by molar-refractivity contribution is -0.134. The summed E-state index contributed by atoms with van der Waals surface area (Å²) in [7, 11) is 1.62. The SMILES string of the molecule is CNC(=O)C1(NC(=O)Cc2ccc(Br)cc2)CCCCC1. The summed E-state index contributed by atoms with van der Waals surface area (Å²) in [5, 5.41) is 5.68. The summed E-state index contributed by atoms with van der Waals surface area (Å²) < 4.78 is 0.987. The Morgan fingerprint density at radius 1 is 1.14 bits per heavy atom. The second-order valence-corrected chi connectivity index (χ2v) is 6.49. The van der Waals surface area contributed by atoms with Gasteiger partial charge < -0.3 is 10.6 Å². The Kier molecular flexibility index (Phi) is 5.39. The lowest BCUT2D eigenvalue weighted by atomic mass is 9.80. The predicted octanol–water partition coefficient (Wildman–Crippen LogP) is 2.56. The van der Waals surface area contributed by atoms with Crippen LogP contribution in [0.1, 0.15) is 37.7 Å². The van der Waals surface area contributed by atoms with Crippen molar-refractivity contribution in [2.45, 2.75) is 44.1 Å². The summed E-state index contributed by atoms with van der Waals surface area (Å²) in [6.45, 7) is 0. The van der Waals surface area contributed by atoms with E-state index in [-0.39, 0.29) is 11.8 Å². The van der Waals surface area contributed by atoms with Crippen molar-refractivity contribution < 1.29 is 9.59 Å². The van der Waals surface area contributed by atoms with Gasteiger partial charge >= 0.3 is 0 Å². The molecule has 1 fully saturated rings. The van der Waals surface area contributed by atoms with Gasteiger partial charge in [-0.2, -0.15) is 0 Å². The molecule has 114 valence electrons. The molecule has 0 atom stereocenters. The molecule has 2 rings (SSSR count). The van der Waals surface area contributed by atoms with Crippen molar-refractivity contribution >= 4 is 27.7 Å². The minimum atomic E-state index is -0.723. The van der Waals surface area contributed by atoms with E-state index in [2.05, 4.69) is 26.6 Å². The van der Waals surface area contributed by atoms with E-state index >= 15 is 0 Å². The van der Waals surface area contributed by atoms with E-state index in [1.54, 1.807) is 7.05 Å². The molecule has 2 amide bonds. The number of nitrogens with one attached hydrogen (secondary N) is 2. The Bertz CT molecular complexity index is 508. The Morgan fingerprint density at radius 2 is 1.76 bits per heavy atom.